The zero-order chi connectivity index (χ0) is 23.2. The number of hydrogen-bond acceptors (Lipinski definition) is 3. The normalized spacial score (nSPS) is 21.3. The number of benzene rings is 2. The lowest BCUT2D eigenvalue weighted by atomic mass is 9.84. The quantitative estimate of drug-likeness (QED) is 0.370. The second-order valence-corrected chi connectivity index (χ2v) is 12.9. The van der Waals surface area contributed by atoms with Crippen LogP contribution in [-0.4, -0.2) is 5.66 Å². The molecule has 2 aromatic carbocycles. The number of para-hydroxylation sites is 2. The summed E-state index contributed by atoms with van der Waals surface area (Å²) in [6.07, 6.45) is 17.8. The average molecular weight is 481 g/mol. The molecule has 0 aromatic heterocycles. The largest absolute Gasteiger partial charge is 0.433 e. The zero-order valence-electron chi connectivity index (χ0n) is 20.6. The monoisotopic (exact) mass is 480 g/mol. The molecular weight excluding hydrogens is 439 g/mol. The van der Waals surface area contributed by atoms with Crippen molar-refractivity contribution in [3.05, 3.63) is 59.7 Å². The maximum Gasteiger partial charge on any atom is 0.433 e. The van der Waals surface area contributed by atoms with Gasteiger partial charge in [0.2, 0.25) is 0 Å². The van der Waals surface area contributed by atoms with Gasteiger partial charge in [-0.3, -0.25) is 0 Å². The fraction of sp³-hybridized carbons (Fsp3) is 0.600. The summed E-state index contributed by atoms with van der Waals surface area (Å²) in [6.45, 7) is 0. The Morgan fingerprint density at radius 2 is 0.912 bits per heavy atom. The standard InChI is InChI=1S/C30H41O3P/c31-34(26-18-8-3-9-19-26,32-29-22-12-10-20-27(29)24-14-4-1-5-15-24)33-30-23-13-11-21-28(30)25-16-6-2-7-17-25/h10-13,20-26H,1-9,14-19H2. The van der Waals surface area contributed by atoms with Gasteiger partial charge in [0, 0.05) is 0 Å². The number of hydrogen-bond donors (Lipinski definition) is 0. The van der Waals surface area contributed by atoms with Gasteiger partial charge >= 0.3 is 7.60 Å². The molecule has 2 aromatic rings. The minimum atomic E-state index is -3.39. The molecule has 3 aliphatic rings. The van der Waals surface area contributed by atoms with Crippen molar-refractivity contribution >= 4 is 7.60 Å². The van der Waals surface area contributed by atoms with Crippen molar-refractivity contribution in [1.82, 2.24) is 0 Å². The van der Waals surface area contributed by atoms with Crippen LogP contribution in [0.5, 0.6) is 11.5 Å². The third-order valence-electron chi connectivity index (χ3n) is 8.40. The molecule has 0 heterocycles. The molecule has 0 radical (unpaired) electrons. The minimum Gasteiger partial charge on any atom is -0.416 e. The van der Waals surface area contributed by atoms with Gasteiger partial charge in [0.25, 0.3) is 0 Å². The van der Waals surface area contributed by atoms with Gasteiger partial charge in [-0.2, -0.15) is 0 Å². The maximum atomic E-state index is 14.7. The van der Waals surface area contributed by atoms with E-state index >= 15 is 0 Å². The Labute approximate surface area is 206 Å². The Kier molecular flexibility index (Phi) is 8.00. The van der Waals surface area contributed by atoms with Crippen molar-refractivity contribution in [3.63, 3.8) is 0 Å². The van der Waals surface area contributed by atoms with Crippen LogP contribution in [0, 0.1) is 0 Å². The highest BCUT2D eigenvalue weighted by molar-refractivity contribution is 7.55. The topological polar surface area (TPSA) is 35.5 Å². The van der Waals surface area contributed by atoms with Crippen LogP contribution in [0.4, 0.5) is 0 Å². The highest BCUT2D eigenvalue weighted by Gasteiger charge is 2.41. The Balaban J connectivity index is 1.46. The first kappa shape index (κ1) is 24.0. The summed E-state index contributed by atoms with van der Waals surface area (Å²) in [5.74, 6) is 2.58. The molecule has 0 spiro atoms. The SMILES string of the molecule is O=P(Oc1ccccc1C1CCCCC1)(Oc1ccccc1C1CCCCC1)C1CCCCC1. The van der Waals surface area contributed by atoms with Gasteiger partial charge in [-0.15, -0.1) is 0 Å². The van der Waals surface area contributed by atoms with Gasteiger partial charge in [-0.25, -0.2) is 4.57 Å². The molecule has 3 aliphatic carbocycles. The Bertz CT molecular complexity index is 901. The van der Waals surface area contributed by atoms with Crippen LogP contribution >= 0.6 is 7.60 Å². The van der Waals surface area contributed by atoms with E-state index in [0.29, 0.717) is 11.8 Å². The van der Waals surface area contributed by atoms with Crippen LogP contribution < -0.4 is 9.05 Å². The molecule has 0 unspecified atom stereocenters. The number of rotatable bonds is 7. The lowest BCUT2D eigenvalue weighted by Gasteiger charge is -2.33. The summed E-state index contributed by atoms with van der Waals surface area (Å²) in [5.41, 5.74) is 2.42. The Morgan fingerprint density at radius 3 is 1.35 bits per heavy atom. The zero-order valence-corrected chi connectivity index (χ0v) is 21.5. The molecule has 0 saturated heterocycles. The molecular formula is C30H41O3P. The van der Waals surface area contributed by atoms with Crippen molar-refractivity contribution < 1.29 is 13.6 Å². The van der Waals surface area contributed by atoms with Crippen molar-refractivity contribution in [1.29, 1.82) is 0 Å². The van der Waals surface area contributed by atoms with Crippen LogP contribution in [-0.2, 0) is 4.57 Å². The van der Waals surface area contributed by atoms with Crippen molar-refractivity contribution in [3.8, 4) is 11.5 Å². The molecule has 3 saturated carbocycles. The van der Waals surface area contributed by atoms with Gasteiger partial charge in [0.05, 0.1) is 5.66 Å². The minimum absolute atomic E-state index is 0.0277. The van der Waals surface area contributed by atoms with E-state index in [9.17, 15) is 4.57 Å². The van der Waals surface area contributed by atoms with Crippen molar-refractivity contribution in [2.75, 3.05) is 0 Å². The van der Waals surface area contributed by atoms with Crippen LogP contribution in [0.2, 0.25) is 0 Å². The van der Waals surface area contributed by atoms with E-state index in [1.807, 2.05) is 24.3 Å². The second kappa shape index (κ2) is 11.3. The molecule has 0 N–H and O–H groups in total. The van der Waals surface area contributed by atoms with Crippen LogP contribution in [0.3, 0.4) is 0 Å². The smallest absolute Gasteiger partial charge is 0.416 e. The van der Waals surface area contributed by atoms with E-state index in [4.69, 9.17) is 9.05 Å². The summed E-state index contributed by atoms with van der Waals surface area (Å²) in [5, 5.41) is 0. The predicted octanol–water partition coefficient (Wildman–Crippen LogP) is 9.77. The molecule has 5 rings (SSSR count). The van der Waals surface area contributed by atoms with Gasteiger partial charge in [0.15, 0.2) is 0 Å². The first-order chi connectivity index (χ1) is 16.7. The molecule has 3 nitrogen and oxygen atoms in total. The molecule has 0 atom stereocenters. The fourth-order valence-electron chi connectivity index (χ4n) is 6.47. The van der Waals surface area contributed by atoms with Gasteiger partial charge in [-0.1, -0.05) is 94.2 Å². The lowest BCUT2D eigenvalue weighted by Crippen LogP contribution is -2.21. The highest BCUT2D eigenvalue weighted by Crippen LogP contribution is 2.59. The summed E-state index contributed by atoms with van der Waals surface area (Å²) in [4.78, 5) is 0. The summed E-state index contributed by atoms with van der Waals surface area (Å²) >= 11 is 0. The van der Waals surface area contributed by atoms with Gasteiger partial charge in [-0.05, 0) is 73.6 Å². The Hall–Kier alpha value is -1.73. The highest BCUT2D eigenvalue weighted by atomic mass is 31.2. The van der Waals surface area contributed by atoms with Gasteiger partial charge < -0.3 is 9.05 Å². The lowest BCUT2D eigenvalue weighted by molar-refractivity contribution is 0.341. The van der Waals surface area contributed by atoms with Crippen LogP contribution in [0.1, 0.15) is 119 Å². The third-order valence-corrected chi connectivity index (χ3v) is 10.7. The van der Waals surface area contributed by atoms with E-state index < -0.39 is 7.60 Å². The molecule has 0 bridgehead atoms. The molecule has 184 valence electrons. The first-order valence-corrected chi connectivity index (χ1v) is 15.5. The van der Waals surface area contributed by atoms with Crippen LogP contribution in [0.15, 0.2) is 48.5 Å². The maximum absolute atomic E-state index is 14.7. The fourth-order valence-corrected chi connectivity index (χ4v) is 8.68. The van der Waals surface area contributed by atoms with E-state index in [1.54, 1.807) is 0 Å². The second-order valence-electron chi connectivity index (χ2n) is 10.8. The first-order valence-electron chi connectivity index (χ1n) is 13.9. The van der Waals surface area contributed by atoms with Crippen molar-refractivity contribution in [2.45, 2.75) is 114 Å². The predicted molar refractivity (Wildman–Crippen MR) is 140 cm³/mol. The third kappa shape index (κ3) is 5.56. The summed E-state index contributed by atoms with van der Waals surface area (Å²) < 4.78 is 27.9. The molecule has 0 aliphatic heterocycles. The van der Waals surface area contributed by atoms with Crippen LogP contribution in [0.25, 0.3) is 0 Å². The molecule has 4 heteroatoms. The van der Waals surface area contributed by atoms with E-state index in [-0.39, 0.29) is 5.66 Å². The van der Waals surface area contributed by atoms with E-state index in [1.165, 1.54) is 81.8 Å². The van der Waals surface area contributed by atoms with Crippen molar-refractivity contribution in [2.24, 2.45) is 0 Å². The molecule has 34 heavy (non-hydrogen) atoms. The molecule has 0 amide bonds. The van der Waals surface area contributed by atoms with E-state index in [0.717, 1.165) is 37.2 Å². The van der Waals surface area contributed by atoms with E-state index in [2.05, 4.69) is 24.3 Å². The summed E-state index contributed by atoms with van der Waals surface area (Å²) in [6, 6.07) is 16.7. The summed E-state index contributed by atoms with van der Waals surface area (Å²) in [7, 11) is -3.39. The van der Waals surface area contributed by atoms with Gasteiger partial charge in [0.1, 0.15) is 11.5 Å². The average Bonchev–Trinajstić information content (AvgIpc) is 2.91. The Morgan fingerprint density at radius 1 is 0.529 bits per heavy atom. The molecule has 3 fully saturated rings.